The molecule has 0 aliphatic carbocycles. The molecule has 7 nitrogen and oxygen atoms in total. The molecule has 0 bridgehead atoms. The van der Waals surface area contributed by atoms with E-state index < -0.39 is 9.92 Å². The maximum atomic E-state index is 12.7. The molecule has 1 unspecified atom stereocenters. The minimum absolute atomic E-state index is 0.231. The van der Waals surface area contributed by atoms with Crippen molar-refractivity contribution in [1.29, 1.82) is 0 Å². The molecule has 23 heavy (non-hydrogen) atoms. The number of aromatic nitrogens is 2. The van der Waals surface area contributed by atoms with Crippen molar-refractivity contribution in [3.63, 3.8) is 0 Å². The van der Waals surface area contributed by atoms with E-state index in [1.54, 1.807) is 53.5 Å². The maximum Gasteiger partial charge on any atom is 0.258 e. The van der Waals surface area contributed by atoms with Crippen LogP contribution in [0.3, 0.4) is 0 Å². The van der Waals surface area contributed by atoms with Gasteiger partial charge in [-0.3, -0.25) is 9.48 Å². The highest BCUT2D eigenvalue weighted by molar-refractivity contribution is 7.91. The molecular formula is C15H21N5O2S. The number of hydrogen-bond donors (Lipinski definition) is 1. The van der Waals surface area contributed by atoms with E-state index in [9.17, 15) is 9.00 Å². The summed E-state index contributed by atoms with van der Waals surface area (Å²) < 4.78 is 20.0. The molecule has 1 amide bonds. The van der Waals surface area contributed by atoms with E-state index in [0.29, 0.717) is 22.7 Å². The fraction of sp³-hybridized carbons (Fsp3) is 0.333. The van der Waals surface area contributed by atoms with Crippen molar-refractivity contribution >= 4 is 21.5 Å². The lowest BCUT2D eigenvalue weighted by molar-refractivity contribution is 0.102. The SMILES string of the molecule is CCn1cc(C(=O)Nc2ccc(S(=O)(=NC)N(C)C)cc2)cn1. The fourth-order valence-corrected chi connectivity index (χ4v) is 3.50. The zero-order chi connectivity index (χ0) is 17.0. The lowest BCUT2D eigenvalue weighted by Gasteiger charge is -2.16. The van der Waals surface area contributed by atoms with Crippen LogP contribution in [0.5, 0.6) is 0 Å². The van der Waals surface area contributed by atoms with Crippen molar-refractivity contribution in [3.05, 3.63) is 42.2 Å². The van der Waals surface area contributed by atoms with Gasteiger partial charge in [0, 0.05) is 39.6 Å². The van der Waals surface area contributed by atoms with Crippen LogP contribution in [0.4, 0.5) is 5.69 Å². The normalized spacial score (nSPS) is 13.6. The van der Waals surface area contributed by atoms with Gasteiger partial charge in [0.15, 0.2) is 0 Å². The second kappa shape index (κ2) is 6.93. The Morgan fingerprint density at radius 2 is 2.00 bits per heavy atom. The van der Waals surface area contributed by atoms with E-state index in [0.717, 1.165) is 0 Å². The summed E-state index contributed by atoms with van der Waals surface area (Å²) in [5.41, 5.74) is 1.12. The minimum Gasteiger partial charge on any atom is -0.322 e. The number of carbonyl (C=O) groups is 1. The van der Waals surface area contributed by atoms with Gasteiger partial charge < -0.3 is 5.32 Å². The third kappa shape index (κ3) is 3.59. The molecule has 0 saturated carbocycles. The monoisotopic (exact) mass is 335 g/mol. The van der Waals surface area contributed by atoms with E-state index >= 15 is 0 Å². The van der Waals surface area contributed by atoms with Crippen molar-refractivity contribution in [2.75, 3.05) is 26.5 Å². The van der Waals surface area contributed by atoms with E-state index in [4.69, 9.17) is 0 Å². The summed E-state index contributed by atoms with van der Waals surface area (Å²) in [7, 11) is 2.38. The lowest BCUT2D eigenvalue weighted by atomic mass is 10.3. The molecule has 0 saturated heterocycles. The molecule has 8 heteroatoms. The number of carbonyl (C=O) groups excluding carboxylic acids is 1. The molecule has 1 heterocycles. The van der Waals surface area contributed by atoms with Crippen molar-refractivity contribution in [1.82, 2.24) is 14.1 Å². The average molecular weight is 335 g/mol. The van der Waals surface area contributed by atoms with Crippen LogP contribution in [0.1, 0.15) is 17.3 Å². The Hall–Kier alpha value is -2.19. The summed E-state index contributed by atoms with van der Waals surface area (Å²) in [6.07, 6.45) is 3.22. The number of nitrogens with zero attached hydrogens (tertiary/aromatic N) is 4. The molecule has 1 aromatic carbocycles. The van der Waals surface area contributed by atoms with Crippen molar-refractivity contribution in [2.24, 2.45) is 4.36 Å². The molecule has 124 valence electrons. The highest BCUT2D eigenvalue weighted by atomic mass is 32.2. The molecule has 0 aliphatic heterocycles. The molecule has 0 fully saturated rings. The van der Waals surface area contributed by atoms with Crippen LogP contribution in [-0.4, -0.2) is 45.3 Å². The van der Waals surface area contributed by atoms with Gasteiger partial charge in [-0.15, -0.1) is 0 Å². The van der Waals surface area contributed by atoms with Crippen LogP contribution >= 0.6 is 0 Å². The average Bonchev–Trinajstić information content (AvgIpc) is 3.03. The van der Waals surface area contributed by atoms with Gasteiger partial charge in [0.2, 0.25) is 0 Å². The number of nitrogens with one attached hydrogen (secondary N) is 1. The van der Waals surface area contributed by atoms with Gasteiger partial charge in [0.25, 0.3) is 5.91 Å². The second-order valence-corrected chi connectivity index (χ2v) is 7.61. The highest BCUT2D eigenvalue weighted by Gasteiger charge is 2.15. The molecule has 1 N–H and O–H groups in total. The number of anilines is 1. The van der Waals surface area contributed by atoms with Gasteiger partial charge in [-0.05, 0) is 31.2 Å². The third-order valence-electron chi connectivity index (χ3n) is 3.38. The van der Waals surface area contributed by atoms with Crippen LogP contribution in [0.2, 0.25) is 0 Å². The molecule has 0 radical (unpaired) electrons. The Morgan fingerprint density at radius 1 is 1.35 bits per heavy atom. The Bertz CT molecular complexity index is 802. The number of aryl methyl sites for hydroxylation is 1. The van der Waals surface area contributed by atoms with Crippen LogP contribution in [0, 0.1) is 0 Å². The van der Waals surface area contributed by atoms with Crippen LogP contribution < -0.4 is 5.32 Å². The molecule has 2 rings (SSSR count). The molecule has 0 spiro atoms. The first kappa shape index (κ1) is 17.2. The summed E-state index contributed by atoms with van der Waals surface area (Å²) in [4.78, 5) is 12.7. The highest BCUT2D eigenvalue weighted by Crippen LogP contribution is 2.19. The van der Waals surface area contributed by atoms with Gasteiger partial charge in [0.05, 0.1) is 16.7 Å². The minimum atomic E-state index is -2.59. The van der Waals surface area contributed by atoms with Gasteiger partial charge in [-0.1, -0.05) is 0 Å². The summed E-state index contributed by atoms with van der Waals surface area (Å²) in [6.45, 7) is 2.66. The predicted molar refractivity (Wildman–Crippen MR) is 90.7 cm³/mol. The quantitative estimate of drug-likeness (QED) is 0.908. The van der Waals surface area contributed by atoms with Crippen molar-refractivity contribution < 1.29 is 9.00 Å². The molecule has 0 aliphatic rings. The lowest BCUT2D eigenvalue weighted by Crippen LogP contribution is -2.22. The predicted octanol–water partition coefficient (Wildman–Crippen LogP) is 2.09. The summed E-state index contributed by atoms with van der Waals surface area (Å²) in [6, 6.07) is 6.85. The van der Waals surface area contributed by atoms with Crippen LogP contribution in [0.25, 0.3) is 0 Å². The summed E-state index contributed by atoms with van der Waals surface area (Å²) in [5.74, 6) is -0.231. The van der Waals surface area contributed by atoms with Gasteiger partial charge in [0.1, 0.15) is 9.92 Å². The molecule has 1 aromatic heterocycles. The first-order valence-electron chi connectivity index (χ1n) is 7.17. The second-order valence-electron chi connectivity index (χ2n) is 5.05. The number of rotatable bonds is 5. The first-order chi connectivity index (χ1) is 10.9. The summed E-state index contributed by atoms with van der Waals surface area (Å²) >= 11 is 0. The third-order valence-corrected chi connectivity index (χ3v) is 5.75. The zero-order valence-electron chi connectivity index (χ0n) is 13.7. The zero-order valence-corrected chi connectivity index (χ0v) is 14.5. The fourth-order valence-electron chi connectivity index (χ4n) is 2.05. The van der Waals surface area contributed by atoms with Gasteiger partial charge in [-0.2, -0.15) is 5.10 Å². The Balaban J connectivity index is 2.17. The maximum absolute atomic E-state index is 12.7. The number of amides is 1. The van der Waals surface area contributed by atoms with E-state index in [-0.39, 0.29) is 5.91 Å². The molecule has 1 atom stereocenters. The number of hydrogen-bond acceptors (Lipinski definition) is 4. The van der Waals surface area contributed by atoms with Crippen LogP contribution in [0.15, 0.2) is 45.9 Å². The van der Waals surface area contributed by atoms with Gasteiger partial charge in [-0.25, -0.2) is 12.9 Å². The Morgan fingerprint density at radius 3 is 2.48 bits per heavy atom. The summed E-state index contributed by atoms with van der Waals surface area (Å²) in [5, 5.41) is 6.87. The first-order valence-corrected chi connectivity index (χ1v) is 8.64. The number of benzene rings is 1. The van der Waals surface area contributed by atoms with Crippen LogP contribution in [-0.2, 0) is 16.5 Å². The van der Waals surface area contributed by atoms with E-state index in [1.807, 2.05) is 6.92 Å². The molecular weight excluding hydrogens is 314 g/mol. The smallest absolute Gasteiger partial charge is 0.258 e. The molecule has 2 aromatic rings. The van der Waals surface area contributed by atoms with E-state index in [2.05, 4.69) is 14.8 Å². The van der Waals surface area contributed by atoms with Crippen molar-refractivity contribution in [3.8, 4) is 0 Å². The van der Waals surface area contributed by atoms with E-state index in [1.165, 1.54) is 13.2 Å². The largest absolute Gasteiger partial charge is 0.322 e. The Labute approximate surface area is 136 Å². The standard InChI is InChI=1S/C15H21N5O2S/c1-5-20-11-12(10-17-20)15(21)18-13-6-8-14(9-7-13)23(22,16-2)19(3)4/h6-11H,5H2,1-4H3,(H,18,21). The Kier molecular flexibility index (Phi) is 5.17. The van der Waals surface area contributed by atoms with Gasteiger partial charge >= 0.3 is 0 Å². The topological polar surface area (TPSA) is 79.6 Å². The van der Waals surface area contributed by atoms with Crippen molar-refractivity contribution in [2.45, 2.75) is 18.4 Å².